The van der Waals surface area contributed by atoms with Crippen molar-refractivity contribution in [3.05, 3.63) is 40.3 Å². The smallest absolute Gasteiger partial charge is 0.405 e. The fourth-order valence-corrected chi connectivity index (χ4v) is 7.84. The molecule has 3 saturated carbocycles. The Morgan fingerprint density at radius 3 is 2.20 bits per heavy atom. The number of hydrogen-bond acceptors (Lipinski definition) is 8. The number of halogens is 2. The molecular weight excluding hydrogens is 751 g/mol. The number of nitrogens with zero attached hydrogens (tertiary/aromatic N) is 2. The van der Waals surface area contributed by atoms with Gasteiger partial charge in [0.2, 0.25) is 27.7 Å². The van der Waals surface area contributed by atoms with Crippen LogP contribution in [0, 0.1) is 29.6 Å². The van der Waals surface area contributed by atoms with Gasteiger partial charge in [0.1, 0.15) is 12.6 Å². The first-order valence-corrected chi connectivity index (χ1v) is 21.3. The van der Waals surface area contributed by atoms with Crippen molar-refractivity contribution in [2.75, 3.05) is 13.1 Å². The zero-order chi connectivity index (χ0) is 41.8. The minimum atomic E-state index is -3.32. The van der Waals surface area contributed by atoms with Crippen molar-refractivity contribution in [1.29, 1.82) is 0 Å². The number of para-hydroxylation sites is 2. The van der Waals surface area contributed by atoms with E-state index in [1.165, 1.54) is 17.7 Å². The molecule has 4 aliphatic rings. The van der Waals surface area contributed by atoms with Gasteiger partial charge in [0.15, 0.2) is 5.69 Å². The van der Waals surface area contributed by atoms with Crippen LogP contribution in [0.2, 0.25) is 0 Å². The predicted molar refractivity (Wildman–Crippen MR) is 215 cm³/mol. The lowest BCUT2D eigenvalue weighted by Crippen LogP contribution is -2.49. The molecule has 0 spiro atoms. The summed E-state index contributed by atoms with van der Waals surface area (Å²) in [4.78, 5) is 64.3. The fourth-order valence-electron chi connectivity index (χ4n) is 6.48. The standard InChI is InChI=1S/C16H18F2N2O.C10H17N3O4.C9H15NO3S.C4H10.3H2/c17-16(18,10-4-3-5-11-8-9-11)14-15(21)20-13-7-2-1-6-12(13)19-14;1-2-6-3-4-13(8(6)9(11)15)7(14)5-12-10(16)17;1-2-6-5-8(6)9(11)10-14(12,13)7-3-4-7;1-4(2)3;;;/h1-2,6-7,11H,3-5,8-10H2,(H,20,21);6,8,12H,2-5H2,1H3,(H2,11,15)(H,16,17);6-8H,2-5H2,1H3,(H,10,11);4H,1-3H3;3*1H/t;2*6-,8+;;;;/m.11..../s1. The summed E-state index contributed by atoms with van der Waals surface area (Å²) >= 11 is 0. The molecule has 2 heterocycles. The van der Waals surface area contributed by atoms with Crippen molar-refractivity contribution >= 4 is 44.9 Å². The van der Waals surface area contributed by atoms with Gasteiger partial charge in [-0.2, -0.15) is 8.78 Å². The van der Waals surface area contributed by atoms with E-state index in [0.717, 1.165) is 50.4 Å². The third kappa shape index (κ3) is 14.7. The molecule has 6 N–H and O–H groups in total. The van der Waals surface area contributed by atoms with Crippen LogP contribution in [0.3, 0.4) is 0 Å². The minimum absolute atomic E-state index is 0. The van der Waals surface area contributed by atoms with E-state index in [9.17, 15) is 41.2 Å². The molecule has 1 aromatic heterocycles. The number of carbonyl (C=O) groups is 4. The average molecular weight is 817 g/mol. The number of carbonyl (C=O) groups excluding carboxylic acids is 3. The van der Waals surface area contributed by atoms with Crippen LogP contribution in [0.1, 0.15) is 122 Å². The minimum Gasteiger partial charge on any atom is -0.465 e. The second-order valence-corrected chi connectivity index (χ2v) is 17.8. The van der Waals surface area contributed by atoms with Crippen molar-refractivity contribution in [3.63, 3.8) is 0 Å². The number of nitrogens with two attached hydrogens (primary N) is 1. The Morgan fingerprint density at radius 2 is 1.66 bits per heavy atom. The molecule has 6 rings (SSSR count). The molecule has 17 heteroatoms. The first kappa shape index (κ1) is 46.2. The van der Waals surface area contributed by atoms with Gasteiger partial charge in [0.05, 0.1) is 16.3 Å². The van der Waals surface area contributed by atoms with E-state index in [0.29, 0.717) is 42.8 Å². The lowest BCUT2D eigenvalue weighted by atomic mass is 9.97. The Bertz CT molecular complexity index is 1830. The zero-order valence-corrected chi connectivity index (χ0v) is 34.0. The number of benzene rings is 1. The van der Waals surface area contributed by atoms with E-state index in [2.05, 4.69) is 35.5 Å². The van der Waals surface area contributed by atoms with E-state index in [4.69, 9.17) is 10.8 Å². The molecule has 4 atom stereocenters. The molecule has 14 nitrogen and oxygen atoms in total. The molecular formula is C39H66F2N6O8S. The van der Waals surface area contributed by atoms with E-state index < -0.39 is 51.1 Å². The van der Waals surface area contributed by atoms with Crippen LogP contribution in [0.4, 0.5) is 13.6 Å². The summed E-state index contributed by atoms with van der Waals surface area (Å²) in [6, 6.07) is 6.11. The molecule has 4 fully saturated rings. The molecule has 0 bridgehead atoms. The molecule has 2 aromatic rings. The maximum absolute atomic E-state index is 14.2. The number of carboxylic acid groups (broad SMARTS) is 1. The number of rotatable bonds is 14. The average Bonchev–Trinajstić information content (AvgIpc) is 4.00. The lowest BCUT2D eigenvalue weighted by molar-refractivity contribution is -0.137. The summed E-state index contributed by atoms with van der Waals surface area (Å²) in [5, 5.41) is 10.1. The van der Waals surface area contributed by atoms with Crippen molar-refractivity contribution < 1.29 is 45.8 Å². The van der Waals surface area contributed by atoms with E-state index in [1.807, 2.05) is 19.2 Å². The molecule has 3 aliphatic carbocycles. The molecule has 1 saturated heterocycles. The summed E-state index contributed by atoms with van der Waals surface area (Å²) in [5.74, 6) is -2.38. The van der Waals surface area contributed by atoms with Crippen LogP contribution in [0.25, 0.3) is 11.0 Å². The number of nitrogens with one attached hydrogen (secondary N) is 3. The van der Waals surface area contributed by atoms with Crippen LogP contribution >= 0.6 is 0 Å². The number of hydrogen-bond donors (Lipinski definition) is 5. The molecule has 1 aliphatic heterocycles. The predicted octanol–water partition coefficient (Wildman–Crippen LogP) is 6.39. The second-order valence-electron chi connectivity index (χ2n) is 15.8. The molecule has 320 valence electrons. The van der Waals surface area contributed by atoms with E-state index in [-0.39, 0.29) is 40.2 Å². The Kier molecular flexibility index (Phi) is 17.2. The van der Waals surface area contributed by atoms with Crippen molar-refractivity contribution in [1.82, 2.24) is 24.9 Å². The number of aromatic nitrogens is 2. The maximum atomic E-state index is 14.2. The SMILES string of the molecule is CC(C)C.CC[C@@H]1CCN(C(=O)CNC(=O)O)[C@@H]1C(N)=O.CC[C@@H]1C[C@@H]1C(=O)NS(=O)(=O)C1CC1.O=c1[nH]c2ccccc2nc1C(F)(F)CCCCC1CC1.[HH].[HH].[HH]. The first-order valence-electron chi connectivity index (χ1n) is 19.8. The third-order valence-corrected chi connectivity index (χ3v) is 11.9. The number of fused-ring (bicyclic) bond motifs is 1. The normalized spacial score (nSPS) is 21.4. The molecule has 0 unspecified atom stereocenters. The lowest BCUT2D eigenvalue weighted by Gasteiger charge is -2.25. The number of likely N-dealkylation sites (tertiary alicyclic amines) is 1. The van der Waals surface area contributed by atoms with Crippen LogP contribution in [-0.2, 0) is 30.3 Å². The quantitative estimate of drug-likeness (QED) is 0.133. The van der Waals surface area contributed by atoms with Gasteiger partial charge in [-0.1, -0.05) is 85.3 Å². The highest BCUT2D eigenvalue weighted by atomic mass is 32.2. The van der Waals surface area contributed by atoms with Gasteiger partial charge < -0.3 is 26.0 Å². The highest BCUT2D eigenvalue weighted by molar-refractivity contribution is 7.90. The summed E-state index contributed by atoms with van der Waals surface area (Å²) in [6.07, 6.45) is 7.85. The Balaban J connectivity index is 0.000000811. The number of unbranched alkanes of at least 4 members (excludes halogenated alkanes) is 1. The van der Waals surface area contributed by atoms with Crippen LogP contribution < -0.4 is 21.3 Å². The maximum Gasteiger partial charge on any atom is 0.405 e. The van der Waals surface area contributed by atoms with Gasteiger partial charge in [0, 0.05) is 23.2 Å². The summed E-state index contributed by atoms with van der Waals surface area (Å²) in [7, 11) is -3.32. The van der Waals surface area contributed by atoms with Gasteiger partial charge in [-0.25, -0.2) is 18.2 Å². The topological polar surface area (TPSA) is 222 Å². The highest BCUT2D eigenvalue weighted by Crippen LogP contribution is 2.41. The highest BCUT2D eigenvalue weighted by Gasteiger charge is 2.45. The van der Waals surface area contributed by atoms with Gasteiger partial charge in [-0.3, -0.25) is 23.9 Å². The van der Waals surface area contributed by atoms with Crippen molar-refractivity contribution in [3.8, 4) is 0 Å². The molecule has 56 heavy (non-hydrogen) atoms. The van der Waals surface area contributed by atoms with Crippen LogP contribution in [-0.4, -0.2) is 76.6 Å². The Hall–Kier alpha value is -4.15. The molecule has 1 aromatic carbocycles. The van der Waals surface area contributed by atoms with Crippen molar-refractivity contribution in [2.24, 2.45) is 35.3 Å². The molecule has 0 radical (unpaired) electrons. The number of amides is 4. The van der Waals surface area contributed by atoms with E-state index >= 15 is 0 Å². The third-order valence-electron chi connectivity index (χ3n) is 10.0. The summed E-state index contributed by atoms with van der Waals surface area (Å²) in [6.45, 7) is 10.6. The van der Waals surface area contributed by atoms with Crippen LogP contribution in [0.5, 0.6) is 0 Å². The van der Waals surface area contributed by atoms with E-state index in [1.54, 1.807) is 24.3 Å². The Labute approximate surface area is 332 Å². The van der Waals surface area contributed by atoms with Crippen LogP contribution in [0.15, 0.2) is 29.1 Å². The summed E-state index contributed by atoms with van der Waals surface area (Å²) in [5.41, 5.74) is 4.70. The monoisotopic (exact) mass is 816 g/mol. The number of aromatic amines is 1. The zero-order valence-electron chi connectivity index (χ0n) is 33.2. The molecule has 4 amide bonds. The second kappa shape index (κ2) is 20.8. The van der Waals surface area contributed by atoms with Gasteiger partial charge in [0.25, 0.3) is 11.5 Å². The van der Waals surface area contributed by atoms with Gasteiger partial charge in [-0.15, -0.1) is 0 Å². The van der Waals surface area contributed by atoms with Gasteiger partial charge in [-0.05, 0) is 67.9 Å². The largest absolute Gasteiger partial charge is 0.465 e. The van der Waals surface area contributed by atoms with Crippen molar-refractivity contribution in [2.45, 2.75) is 129 Å². The number of alkyl halides is 2. The number of sulfonamides is 1. The Morgan fingerprint density at radius 1 is 1.04 bits per heavy atom. The van der Waals surface area contributed by atoms with Gasteiger partial charge >= 0.3 is 6.09 Å². The summed E-state index contributed by atoms with van der Waals surface area (Å²) < 4.78 is 53.4. The first-order chi connectivity index (χ1) is 26.3. The number of H-pyrrole nitrogens is 1. The number of primary amides is 1. The fraction of sp³-hybridized carbons (Fsp3) is 0.692.